The molecule has 2 heterocycles. The molecule has 0 aliphatic heterocycles. The van der Waals surface area contributed by atoms with E-state index in [2.05, 4.69) is 0 Å². The second kappa shape index (κ2) is 4.80. The van der Waals surface area contributed by atoms with Crippen LogP contribution in [-0.4, -0.2) is 11.1 Å². The fourth-order valence-corrected chi connectivity index (χ4v) is 0.712. The van der Waals surface area contributed by atoms with Crippen molar-refractivity contribution in [3.8, 4) is 0 Å². The minimum atomic E-state index is -0.833. The predicted molar refractivity (Wildman–Crippen MR) is 40.7 cm³/mol. The van der Waals surface area contributed by atoms with Crippen molar-refractivity contribution in [1.29, 1.82) is 0 Å². The number of hydrogen-bond donors (Lipinski definition) is 1. The fraction of sp³-hybridized carbons (Fsp3) is 0.125. The normalized spacial score (nSPS) is 8.42. The Labute approximate surface area is 80.2 Å². The van der Waals surface area contributed by atoms with Gasteiger partial charge in [0.05, 0.1) is 0 Å². The van der Waals surface area contributed by atoms with Gasteiger partial charge in [0.2, 0.25) is 0 Å². The second-order valence-electron chi connectivity index (χ2n) is 2.09. The molecule has 2 rings (SSSR count). The van der Waals surface area contributed by atoms with Gasteiger partial charge in [0.25, 0.3) is 5.97 Å². The third-order valence-electron chi connectivity index (χ3n) is 1.06. The van der Waals surface area contributed by atoms with E-state index >= 15 is 0 Å². The molecule has 4 heteroatoms. The van der Waals surface area contributed by atoms with Crippen LogP contribution in [0.5, 0.6) is 0 Å². The number of rotatable bonds is 0. The molecule has 3 nitrogen and oxygen atoms in total. The van der Waals surface area contributed by atoms with Gasteiger partial charge in [-0.3, -0.25) is 4.79 Å². The number of carboxylic acid groups (broad SMARTS) is 1. The van der Waals surface area contributed by atoms with Crippen molar-refractivity contribution in [2.24, 2.45) is 0 Å². The van der Waals surface area contributed by atoms with Crippen LogP contribution < -0.4 is 0 Å². The summed E-state index contributed by atoms with van der Waals surface area (Å²) in [6.07, 6.45) is 0. The van der Waals surface area contributed by atoms with E-state index in [-0.39, 0.29) is 17.1 Å². The first-order chi connectivity index (χ1) is 5.18. The molecule has 0 atom stereocenters. The zero-order valence-electron chi connectivity index (χ0n) is 6.37. The average Bonchev–Trinajstić information content (AvgIpc) is 2.45. The quantitative estimate of drug-likeness (QED) is 0.684. The number of carbonyl (C=O) groups is 1. The Balaban J connectivity index is 0.000000217. The summed E-state index contributed by atoms with van der Waals surface area (Å²) in [6.45, 7) is 1.08. The SMILES string of the molecule is CC(=O)O.[Cu].c1cc2ccc1o2. The van der Waals surface area contributed by atoms with Crippen LogP contribution in [0.15, 0.2) is 28.7 Å². The maximum atomic E-state index is 9.00. The van der Waals surface area contributed by atoms with Crippen molar-refractivity contribution in [2.75, 3.05) is 0 Å². The molecule has 2 aromatic heterocycles. The third kappa shape index (κ3) is 3.41. The molecular weight excluding hydrogens is 208 g/mol. The summed E-state index contributed by atoms with van der Waals surface area (Å²) in [5.41, 5.74) is 1.94. The van der Waals surface area contributed by atoms with E-state index in [0.717, 1.165) is 18.1 Å². The minimum absolute atomic E-state index is 0. The van der Waals surface area contributed by atoms with Crippen molar-refractivity contribution < 1.29 is 31.4 Å². The van der Waals surface area contributed by atoms with Gasteiger partial charge in [0.1, 0.15) is 11.2 Å². The number of benzene rings is 1. The van der Waals surface area contributed by atoms with Gasteiger partial charge < -0.3 is 9.52 Å². The summed E-state index contributed by atoms with van der Waals surface area (Å²) in [6, 6.07) is 7.81. The predicted octanol–water partition coefficient (Wildman–Crippen LogP) is 1.96. The van der Waals surface area contributed by atoms with Crippen molar-refractivity contribution in [2.45, 2.75) is 6.92 Å². The van der Waals surface area contributed by atoms with E-state index in [0.29, 0.717) is 0 Å². The van der Waals surface area contributed by atoms with Gasteiger partial charge in [-0.05, 0) is 24.3 Å². The molecular formula is C8H8CuO3. The van der Waals surface area contributed by atoms with E-state index in [1.807, 2.05) is 24.3 Å². The number of carboxylic acids is 1. The Kier molecular flexibility index (Phi) is 4.40. The van der Waals surface area contributed by atoms with Crippen molar-refractivity contribution >= 4 is 17.1 Å². The summed E-state index contributed by atoms with van der Waals surface area (Å²) < 4.78 is 5.08. The molecule has 2 aromatic rings. The molecule has 0 aromatic carbocycles. The first-order valence-electron chi connectivity index (χ1n) is 3.16. The Hall–Kier alpha value is -0.991. The molecule has 0 spiro atoms. The molecule has 0 unspecified atom stereocenters. The van der Waals surface area contributed by atoms with Crippen molar-refractivity contribution in [3.05, 3.63) is 24.3 Å². The van der Waals surface area contributed by atoms with E-state index in [1.165, 1.54) is 0 Å². The van der Waals surface area contributed by atoms with Crippen molar-refractivity contribution in [3.63, 3.8) is 0 Å². The summed E-state index contributed by atoms with van der Waals surface area (Å²) in [5, 5.41) is 7.42. The molecule has 69 valence electrons. The molecule has 12 heavy (non-hydrogen) atoms. The number of hydrogen-bond acceptors (Lipinski definition) is 2. The van der Waals surface area contributed by atoms with Gasteiger partial charge in [-0.1, -0.05) is 0 Å². The van der Waals surface area contributed by atoms with E-state index in [1.54, 1.807) is 0 Å². The molecule has 0 aliphatic rings. The van der Waals surface area contributed by atoms with Crippen LogP contribution in [0.4, 0.5) is 0 Å². The zero-order chi connectivity index (χ0) is 8.27. The standard InChI is InChI=1S/C6H4O.C2H4O2.Cu/c1-2-6-4-3-5(1)7-6;1-2(3)4;/h1-4H;1H3,(H,3,4);. The number of furan rings is 2. The maximum absolute atomic E-state index is 9.00. The minimum Gasteiger partial charge on any atom is -0.481 e. The van der Waals surface area contributed by atoms with Crippen LogP contribution in [0.3, 0.4) is 0 Å². The molecule has 0 saturated carbocycles. The van der Waals surface area contributed by atoms with Gasteiger partial charge in [-0.2, -0.15) is 0 Å². The first-order valence-corrected chi connectivity index (χ1v) is 3.16. The van der Waals surface area contributed by atoms with Gasteiger partial charge >= 0.3 is 0 Å². The Morgan fingerprint density at radius 1 is 1.25 bits per heavy atom. The summed E-state index contributed by atoms with van der Waals surface area (Å²) in [5.74, 6) is -0.833. The maximum Gasteiger partial charge on any atom is 0.300 e. The zero-order valence-corrected chi connectivity index (χ0v) is 7.32. The molecule has 2 bridgehead atoms. The Morgan fingerprint density at radius 2 is 1.50 bits per heavy atom. The molecule has 1 radical (unpaired) electrons. The van der Waals surface area contributed by atoms with E-state index < -0.39 is 5.97 Å². The van der Waals surface area contributed by atoms with Crippen LogP contribution in [-0.2, 0) is 21.9 Å². The van der Waals surface area contributed by atoms with Crippen LogP contribution in [0.1, 0.15) is 6.92 Å². The van der Waals surface area contributed by atoms with E-state index in [4.69, 9.17) is 14.3 Å². The second-order valence-corrected chi connectivity index (χ2v) is 2.09. The van der Waals surface area contributed by atoms with Crippen LogP contribution in [0.25, 0.3) is 11.2 Å². The number of fused-ring (bicyclic) bond motifs is 2. The van der Waals surface area contributed by atoms with E-state index in [9.17, 15) is 0 Å². The molecule has 1 N–H and O–H groups in total. The Bertz CT molecular complexity index is 279. The largest absolute Gasteiger partial charge is 0.481 e. The van der Waals surface area contributed by atoms with Crippen LogP contribution >= 0.6 is 0 Å². The fourth-order valence-electron chi connectivity index (χ4n) is 0.712. The summed E-state index contributed by atoms with van der Waals surface area (Å²) in [7, 11) is 0. The van der Waals surface area contributed by atoms with Crippen LogP contribution in [0.2, 0.25) is 0 Å². The van der Waals surface area contributed by atoms with Crippen LogP contribution in [0, 0.1) is 0 Å². The monoisotopic (exact) mass is 215 g/mol. The number of aliphatic carboxylic acids is 1. The first kappa shape index (κ1) is 11.0. The topological polar surface area (TPSA) is 50.4 Å². The van der Waals surface area contributed by atoms with Gasteiger partial charge in [0.15, 0.2) is 0 Å². The summed E-state index contributed by atoms with van der Waals surface area (Å²) in [4.78, 5) is 9.00. The molecule has 0 saturated heterocycles. The van der Waals surface area contributed by atoms with Gasteiger partial charge in [-0.15, -0.1) is 0 Å². The Morgan fingerprint density at radius 3 is 1.58 bits per heavy atom. The third-order valence-corrected chi connectivity index (χ3v) is 1.06. The van der Waals surface area contributed by atoms with Crippen molar-refractivity contribution in [1.82, 2.24) is 0 Å². The molecule has 0 amide bonds. The summed E-state index contributed by atoms with van der Waals surface area (Å²) >= 11 is 0. The average molecular weight is 216 g/mol. The van der Waals surface area contributed by atoms with Gasteiger partial charge in [0, 0.05) is 24.0 Å². The molecule has 0 fully saturated rings. The van der Waals surface area contributed by atoms with Gasteiger partial charge in [-0.25, -0.2) is 0 Å². The molecule has 0 aliphatic carbocycles. The smallest absolute Gasteiger partial charge is 0.300 e.